The van der Waals surface area contributed by atoms with Gasteiger partial charge in [0.1, 0.15) is 23.0 Å². The minimum atomic E-state index is -0.918. The van der Waals surface area contributed by atoms with Crippen molar-refractivity contribution in [1.82, 2.24) is 14.7 Å². The third-order valence-corrected chi connectivity index (χ3v) is 5.91. The van der Waals surface area contributed by atoms with Gasteiger partial charge >= 0.3 is 0 Å². The Labute approximate surface area is 193 Å². The maximum absolute atomic E-state index is 14.5. The van der Waals surface area contributed by atoms with Gasteiger partial charge in [-0.15, -0.1) is 0 Å². The number of pyridine rings is 1. The van der Waals surface area contributed by atoms with Crippen molar-refractivity contribution in [3.8, 4) is 0 Å². The monoisotopic (exact) mass is 462 g/mol. The summed E-state index contributed by atoms with van der Waals surface area (Å²) in [5.41, 5.74) is 2.83. The topological polar surface area (TPSA) is 95.7 Å². The second kappa shape index (κ2) is 8.35. The van der Waals surface area contributed by atoms with E-state index >= 15 is 0 Å². The highest BCUT2D eigenvalue weighted by atomic mass is 19.1. The summed E-state index contributed by atoms with van der Waals surface area (Å²) >= 11 is 0. The first-order chi connectivity index (χ1) is 16.3. The molecular formula is C25H20F2N4O3. The van der Waals surface area contributed by atoms with Crippen LogP contribution in [0.2, 0.25) is 0 Å². The molecule has 9 heteroatoms. The highest BCUT2D eigenvalue weighted by Gasteiger charge is 2.33. The number of hydrogen-bond donors (Lipinski definition) is 3. The van der Waals surface area contributed by atoms with E-state index < -0.39 is 35.6 Å². The predicted octanol–water partition coefficient (Wildman–Crippen LogP) is 3.56. The number of aryl methyl sites for hydroxylation is 1. The molecule has 2 amide bonds. The molecule has 2 aromatic carbocycles. The molecule has 2 atom stereocenters. The summed E-state index contributed by atoms with van der Waals surface area (Å²) in [6.07, 6.45) is 2.49. The van der Waals surface area contributed by atoms with Crippen LogP contribution in [0.5, 0.6) is 0 Å². The van der Waals surface area contributed by atoms with E-state index in [0.717, 1.165) is 17.2 Å². The lowest BCUT2D eigenvalue weighted by Gasteiger charge is -2.18. The van der Waals surface area contributed by atoms with Crippen molar-refractivity contribution >= 4 is 23.1 Å². The summed E-state index contributed by atoms with van der Waals surface area (Å²) in [6, 6.07) is 10.5. The molecule has 0 bridgehead atoms. The summed E-state index contributed by atoms with van der Waals surface area (Å²) in [4.78, 5) is 29.9. The number of fused-ring (bicyclic) bond motifs is 2. The van der Waals surface area contributed by atoms with Crippen LogP contribution in [0.1, 0.15) is 43.6 Å². The molecule has 0 fully saturated rings. The van der Waals surface area contributed by atoms with Crippen LogP contribution in [0, 0.1) is 18.6 Å². The lowest BCUT2D eigenvalue weighted by Crippen LogP contribution is -2.34. The SMILES string of the molecule is Cc1ccc2ncc(C(=O)Nc3cc(C(=O)NC4c5cc(F)ccc5CC4O)ccc3F)n2c1. The van der Waals surface area contributed by atoms with E-state index in [-0.39, 0.29) is 23.4 Å². The van der Waals surface area contributed by atoms with Crippen LogP contribution in [0.15, 0.2) is 60.9 Å². The van der Waals surface area contributed by atoms with Gasteiger partial charge in [0.2, 0.25) is 0 Å². The van der Waals surface area contributed by atoms with E-state index in [9.17, 15) is 23.5 Å². The fraction of sp³-hybridized carbons (Fsp3) is 0.160. The van der Waals surface area contributed by atoms with Crippen LogP contribution in [0.4, 0.5) is 14.5 Å². The molecule has 4 aromatic rings. The van der Waals surface area contributed by atoms with Crippen LogP contribution in [-0.2, 0) is 6.42 Å². The van der Waals surface area contributed by atoms with E-state index in [4.69, 9.17) is 0 Å². The number of nitrogens with one attached hydrogen (secondary N) is 2. The number of carbonyl (C=O) groups excluding carboxylic acids is 2. The number of anilines is 1. The molecular weight excluding hydrogens is 442 g/mol. The fourth-order valence-electron chi connectivity index (χ4n) is 4.19. The lowest BCUT2D eigenvalue weighted by atomic mass is 10.1. The average Bonchev–Trinajstić information content (AvgIpc) is 3.35. The van der Waals surface area contributed by atoms with Crippen LogP contribution in [0.3, 0.4) is 0 Å². The van der Waals surface area contributed by atoms with Gasteiger partial charge in [0.25, 0.3) is 11.8 Å². The van der Waals surface area contributed by atoms with Crippen molar-refractivity contribution < 1.29 is 23.5 Å². The first-order valence-corrected chi connectivity index (χ1v) is 10.6. The third kappa shape index (κ3) is 3.90. The molecule has 7 nitrogen and oxygen atoms in total. The molecule has 3 N–H and O–H groups in total. The lowest BCUT2D eigenvalue weighted by molar-refractivity contribution is 0.0857. The Hall–Kier alpha value is -4.11. The third-order valence-electron chi connectivity index (χ3n) is 5.91. The Bertz CT molecular complexity index is 1450. The Kier molecular flexibility index (Phi) is 5.33. The standard InChI is InChI=1S/C25H20F2N4O3/c1-13-2-7-22-28-11-20(31(22)12-13)25(34)29-19-8-15(4-6-18(19)27)24(33)30-23-17-10-16(26)5-3-14(17)9-21(23)32/h2-8,10-12,21,23,32H,9H2,1H3,(H,29,34)(H,30,33). The van der Waals surface area contributed by atoms with Crippen LogP contribution in [-0.4, -0.2) is 32.4 Å². The van der Waals surface area contributed by atoms with Crippen molar-refractivity contribution in [1.29, 1.82) is 0 Å². The van der Waals surface area contributed by atoms with E-state index in [0.29, 0.717) is 11.2 Å². The second-order valence-electron chi connectivity index (χ2n) is 8.29. The Morgan fingerprint density at radius 3 is 2.74 bits per heavy atom. The molecule has 5 rings (SSSR count). The minimum Gasteiger partial charge on any atom is -0.390 e. The van der Waals surface area contributed by atoms with E-state index in [1.165, 1.54) is 30.5 Å². The van der Waals surface area contributed by atoms with Crippen molar-refractivity contribution in [3.05, 3.63) is 101 Å². The Morgan fingerprint density at radius 2 is 1.91 bits per heavy atom. The number of nitrogens with zero attached hydrogens (tertiary/aromatic N) is 2. The van der Waals surface area contributed by atoms with Gasteiger partial charge in [0.15, 0.2) is 0 Å². The number of benzene rings is 2. The van der Waals surface area contributed by atoms with E-state index in [1.54, 1.807) is 22.7 Å². The van der Waals surface area contributed by atoms with Gasteiger partial charge in [0, 0.05) is 18.2 Å². The van der Waals surface area contributed by atoms with Crippen molar-refractivity contribution in [2.75, 3.05) is 5.32 Å². The number of amides is 2. The first kappa shape index (κ1) is 21.7. The predicted molar refractivity (Wildman–Crippen MR) is 121 cm³/mol. The second-order valence-corrected chi connectivity index (χ2v) is 8.29. The quantitative estimate of drug-likeness (QED) is 0.432. The number of hydrogen-bond acceptors (Lipinski definition) is 4. The molecule has 0 spiro atoms. The zero-order valence-electron chi connectivity index (χ0n) is 18.0. The summed E-state index contributed by atoms with van der Waals surface area (Å²) in [5, 5.41) is 15.5. The van der Waals surface area contributed by atoms with Crippen LogP contribution >= 0.6 is 0 Å². The van der Waals surface area contributed by atoms with E-state index in [2.05, 4.69) is 15.6 Å². The minimum absolute atomic E-state index is 0.0720. The van der Waals surface area contributed by atoms with Crippen molar-refractivity contribution in [3.63, 3.8) is 0 Å². The average molecular weight is 462 g/mol. The molecule has 0 saturated heterocycles. The maximum atomic E-state index is 14.5. The number of aliphatic hydroxyl groups is 1. The van der Waals surface area contributed by atoms with Gasteiger partial charge in [-0.05, 0) is 60.0 Å². The molecule has 0 saturated carbocycles. The summed E-state index contributed by atoms with van der Waals surface area (Å²) in [7, 11) is 0. The number of carbonyl (C=O) groups is 2. The maximum Gasteiger partial charge on any atom is 0.274 e. The Balaban J connectivity index is 1.38. The van der Waals surface area contributed by atoms with Gasteiger partial charge < -0.3 is 15.7 Å². The molecule has 2 heterocycles. The molecule has 1 aliphatic carbocycles. The summed E-state index contributed by atoms with van der Waals surface area (Å²) in [6.45, 7) is 1.87. The van der Waals surface area contributed by atoms with Crippen LogP contribution < -0.4 is 10.6 Å². The fourth-order valence-corrected chi connectivity index (χ4v) is 4.19. The highest BCUT2D eigenvalue weighted by Crippen LogP contribution is 2.32. The van der Waals surface area contributed by atoms with Gasteiger partial charge in [0.05, 0.1) is 24.0 Å². The summed E-state index contributed by atoms with van der Waals surface area (Å²) < 4.78 is 29.8. The van der Waals surface area contributed by atoms with Crippen molar-refractivity contribution in [2.24, 2.45) is 0 Å². The van der Waals surface area contributed by atoms with Gasteiger partial charge in [-0.3, -0.25) is 14.0 Å². The highest BCUT2D eigenvalue weighted by molar-refractivity contribution is 6.04. The smallest absolute Gasteiger partial charge is 0.274 e. The zero-order chi connectivity index (χ0) is 24.0. The number of rotatable bonds is 4. The Morgan fingerprint density at radius 1 is 1.09 bits per heavy atom. The number of aromatic nitrogens is 2. The molecule has 34 heavy (non-hydrogen) atoms. The van der Waals surface area contributed by atoms with Gasteiger partial charge in [-0.1, -0.05) is 12.1 Å². The van der Waals surface area contributed by atoms with E-state index in [1.807, 2.05) is 13.0 Å². The molecule has 0 radical (unpaired) electrons. The largest absolute Gasteiger partial charge is 0.390 e. The van der Waals surface area contributed by atoms with Gasteiger partial charge in [-0.25, -0.2) is 13.8 Å². The number of halogens is 2. The normalized spacial score (nSPS) is 16.9. The molecule has 1 aliphatic rings. The first-order valence-electron chi connectivity index (χ1n) is 10.6. The number of aliphatic hydroxyl groups excluding tert-OH is 1. The molecule has 2 unspecified atom stereocenters. The van der Waals surface area contributed by atoms with Crippen molar-refractivity contribution in [2.45, 2.75) is 25.5 Å². The zero-order valence-corrected chi connectivity index (χ0v) is 18.0. The molecule has 2 aromatic heterocycles. The summed E-state index contributed by atoms with van der Waals surface area (Å²) in [5.74, 6) is -2.38. The molecule has 172 valence electrons. The van der Waals surface area contributed by atoms with Crippen LogP contribution in [0.25, 0.3) is 5.65 Å². The van der Waals surface area contributed by atoms with Gasteiger partial charge in [-0.2, -0.15) is 0 Å². The number of imidazole rings is 1. The molecule has 0 aliphatic heterocycles.